The van der Waals surface area contributed by atoms with Crippen molar-refractivity contribution in [3.8, 4) is 0 Å². The highest BCUT2D eigenvalue weighted by atomic mass is 79.9. The van der Waals surface area contributed by atoms with Crippen molar-refractivity contribution in [2.45, 2.75) is 26.4 Å². The molecule has 0 aliphatic heterocycles. The second-order valence-corrected chi connectivity index (χ2v) is 7.88. The maximum Gasteiger partial charge on any atom is 0.0792 e. The SMILES string of the molecule is Brc1ccc(Br)cc1.CC(C)CC(O)c1ccc(Br)cc1. The molecule has 21 heavy (non-hydrogen) atoms. The number of rotatable bonds is 3. The van der Waals surface area contributed by atoms with E-state index in [1.807, 2.05) is 48.5 Å². The Bertz CT molecular complexity index is 500. The van der Waals surface area contributed by atoms with Crippen LogP contribution >= 0.6 is 47.8 Å². The zero-order valence-electron chi connectivity index (χ0n) is 12.1. The van der Waals surface area contributed by atoms with Crippen LogP contribution in [0.5, 0.6) is 0 Å². The zero-order chi connectivity index (χ0) is 15.8. The quantitative estimate of drug-likeness (QED) is 0.518. The van der Waals surface area contributed by atoms with Crippen LogP contribution in [0.25, 0.3) is 0 Å². The molecule has 0 heterocycles. The standard InChI is InChI=1S/C11H15BrO.C6H4Br2/c1-8(2)7-11(13)9-3-5-10(12)6-4-9;7-5-1-2-6(8)4-3-5/h3-6,8,11,13H,7H2,1-2H3;1-4H. The Morgan fingerprint density at radius 2 is 1.10 bits per heavy atom. The van der Waals surface area contributed by atoms with Gasteiger partial charge >= 0.3 is 0 Å². The van der Waals surface area contributed by atoms with Crippen LogP contribution in [0.2, 0.25) is 0 Å². The lowest BCUT2D eigenvalue weighted by molar-refractivity contribution is 0.151. The molecule has 1 unspecified atom stereocenters. The first-order chi connectivity index (χ1) is 9.88. The second kappa shape index (κ2) is 9.78. The van der Waals surface area contributed by atoms with Gasteiger partial charge in [0.1, 0.15) is 0 Å². The highest BCUT2D eigenvalue weighted by Gasteiger charge is 2.08. The molecule has 0 bridgehead atoms. The van der Waals surface area contributed by atoms with E-state index in [0.717, 1.165) is 25.4 Å². The van der Waals surface area contributed by atoms with E-state index in [9.17, 15) is 5.11 Å². The number of aliphatic hydroxyl groups excluding tert-OH is 1. The normalized spacial score (nSPS) is 11.8. The molecule has 114 valence electrons. The predicted octanol–water partition coefficient (Wildman–Crippen LogP) is 6.74. The summed E-state index contributed by atoms with van der Waals surface area (Å²) in [6.45, 7) is 4.23. The fraction of sp³-hybridized carbons (Fsp3) is 0.294. The molecule has 1 N–H and O–H groups in total. The number of halogens is 3. The van der Waals surface area contributed by atoms with Gasteiger partial charge < -0.3 is 5.11 Å². The summed E-state index contributed by atoms with van der Waals surface area (Å²) in [4.78, 5) is 0. The summed E-state index contributed by atoms with van der Waals surface area (Å²) in [5.41, 5.74) is 0.997. The zero-order valence-corrected chi connectivity index (χ0v) is 16.8. The van der Waals surface area contributed by atoms with Gasteiger partial charge in [0.15, 0.2) is 0 Å². The summed E-state index contributed by atoms with van der Waals surface area (Å²) in [6.07, 6.45) is 0.495. The van der Waals surface area contributed by atoms with E-state index < -0.39 is 0 Å². The molecular weight excluding hydrogens is 460 g/mol. The maximum atomic E-state index is 9.77. The van der Waals surface area contributed by atoms with Crippen LogP contribution in [-0.2, 0) is 0 Å². The molecule has 0 fully saturated rings. The lowest BCUT2D eigenvalue weighted by atomic mass is 10.00. The van der Waals surface area contributed by atoms with Crippen molar-refractivity contribution < 1.29 is 5.11 Å². The average molecular weight is 479 g/mol. The molecule has 0 aromatic heterocycles. The summed E-state index contributed by atoms with van der Waals surface area (Å²) < 4.78 is 3.27. The van der Waals surface area contributed by atoms with Gasteiger partial charge in [-0.25, -0.2) is 0 Å². The van der Waals surface area contributed by atoms with Gasteiger partial charge in [-0.3, -0.25) is 0 Å². The van der Waals surface area contributed by atoms with Gasteiger partial charge in [-0.05, 0) is 54.3 Å². The predicted molar refractivity (Wildman–Crippen MR) is 100 cm³/mol. The largest absolute Gasteiger partial charge is 0.388 e. The molecule has 0 aliphatic carbocycles. The Kier molecular flexibility index (Phi) is 8.79. The van der Waals surface area contributed by atoms with E-state index in [4.69, 9.17) is 0 Å². The van der Waals surface area contributed by atoms with Gasteiger partial charge in [-0.2, -0.15) is 0 Å². The van der Waals surface area contributed by atoms with Crippen molar-refractivity contribution in [1.82, 2.24) is 0 Å². The van der Waals surface area contributed by atoms with Crippen LogP contribution in [0.1, 0.15) is 31.9 Å². The molecule has 0 aliphatic rings. The van der Waals surface area contributed by atoms with E-state index in [-0.39, 0.29) is 6.10 Å². The molecule has 0 spiro atoms. The first kappa shape index (κ1) is 18.9. The highest BCUT2D eigenvalue weighted by Crippen LogP contribution is 2.22. The number of hydrogen-bond acceptors (Lipinski definition) is 1. The Morgan fingerprint density at radius 3 is 1.43 bits per heavy atom. The van der Waals surface area contributed by atoms with Crippen LogP contribution < -0.4 is 0 Å². The molecule has 1 atom stereocenters. The minimum atomic E-state index is -0.326. The summed E-state index contributed by atoms with van der Waals surface area (Å²) in [5, 5.41) is 9.77. The fourth-order valence-electron chi connectivity index (χ4n) is 1.70. The third-order valence-corrected chi connectivity index (χ3v) is 4.34. The van der Waals surface area contributed by atoms with E-state index in [1.165, 1.54) is 0 Å². The Balaban J connectivity index is 0.000000235. The molecule has 2 aromatic carbocycles. The highest BCUT2D eigenvalue weighted by molar-refractivity contribution is 9.11. The third-order valence-electron chi connectivity index (χ3n) is 2.75. The summed E-state index contributed by atoms with van der Waals surface area (Å²) in [5.74, 6) is 0.527. The third kappa shape index (κ3) is 8.15. The number of benzene rings is 2. The van der Waals surface area contributed by atoms with Gasteiger partial charge in [-0.15, -0.1) is 0 Å². The van der Waals surface area contributed by atoms with Crippen LogP contribution in [-0.4, -0.2) is 5.11 Å². The molecular formula is C17H19Br3O. The van der Waals surface area contributed by atoms with Crippen LogP contribution in [0.4, 0.5) is 0 Å². The minimum Gasteiger partial charge on any atom is -0.388 e. The molecule has 0 saturated heterocycles. The van der Waals surface area contributed by atoms with E-state index >= 15 is 0 Å². The molecule has 0 radical (unpaired) electrons. The first-order valence-electron chi connectivity index (χ1n) is 6.73. The molecule has 2 aromatic rings. The van der Waals surface area contributed by atoms with E-state index in [1.54, 1.807) is 0 Å². The van der Waals surface area contributed by atoms with Crippen LogP contribution in [0.3, 0.4) is 0 Å². The number of hydrogen-bond donors (Lipinski definition) is 1. The first-order valence-corrected chi connectivity index (χ1v) is 9.11. The fourth-order valence-corrected chi connectivity index (χ4v) is 2.49. The Morgan fingerprint density at radius 1 is 0.762 bits per heavy atom. The minimum absolute atomic E-state index is 0.326. The lowest BCUT2D eigenvalue weighted by Gasteiger charge is -2.13. The van der Waals surface area contributed by atoms with Gasteiger partial charge in [0.05, 0.1) is 6.10 Å². The molecule has 0 amide bonds. The topological polar surface area (TPSA) is 20.2 Å². The smallest absolute Gasteiger partial charge is 0.0792 e. The van der Waals surface area contributed by atoms with Gasteiger partial charge in [-0.1, -0.05) is 73.8 Å². The van der Waals surface area contributed by atoms with E-state index in [0.29, 0.717) is 5.92 Å². The van der Waals surface area contributed by atoms with Crippen LogP contribution in [0, 0.1) is 5.92 Å². The summed E-state index contributed by atoms with van der Waals surface area (Å²) >= 11 is 10.0. The summed E-state index contributed by atoms with van der Waals surface area (Å²) in [7, 11) is 0. The maximum absolute atomic E-state index is 9.77. The molecule has 1 nitrogen and oxygen atoms in total. The molecule has 4 heteroatoms. The molecule has 2 rings (SSSR count). The lowest BCUT2D eigenvalue weighted by Crippen LogP contribution is -2.01. The van der Waals surface area contributed by atoms with Crippen molar-refractivity contribution in [3.05, 3.63) is 67.5 Å². The van der Waals surface area contributed by atoms with Crippen molar-refractivity contribution >= 4 is 47.8 Å². The van der Waals surface area contributed by atoms with Crippen molar-refractivity contribution in [1.29, 1.82) is 0 Å². The summed E-state index contributed by atoms with van der Waals surface area (Å²) in [6, 6.07) is 15.8. The Labute approximate surface area is 152 Å². The van der Waals surface area contributed by atoms with E-state index in [2.05, 4.69) is 61.6 Å². The number of aliphatic hydroxyl groups is 1. The monoisotopic (exact) mass is 476 g/mol. The van der Waals surface area contributed by atoms with Gasteiger partial charge in [0.2, 0.25) is 0 Å². The average Bonchev–Trinajstić information content (AvgIpc) is 2.43. The van der Waals surface area contributed by atoms with Gasteiger partial charge in [0.25, 0.3) is 0 Å². The molecule has 0 saturated carbocycles. The van der Waals surface area contributed by atoms with Crippen molar-refractivity contribution in [2.75, 3.05) is 0 Å². The van der Waals surface area contributed by atoms with Crippen molar-refractivity contribution in [2.24, 2.45) is 5.92 Å². The Hall–Kier alpha value is -0.160. The second-order valence-electron chi connectivity index (χ2n) is 5.13. The van der Waals surface area contributed by atoms with Crippen LogP contribution in [0.15, 0.2) is 61.9 Å². The van der Waals surface area contributed by atoms with Crippen molar-refractivity contribution in [3.63, 3.8) is 0 Å². The van der Waals surface area contributed by atoms with Gasteiger partial charge in [0, 0.05) is 13.4 Å².